The van der Waals surface area contributed by atoms with E-state index in [2.05, 4.69) is 19.9 Å². The molecule has 1 saturated carbocycles. The Morgan fingerprint density at radius 2 is 1.95 bits per heavy atom. The molecule has 0 radical (unpaired) electrons. The first-order chi connectivity index (χ1) is 10.7. The third-order valence-corrected chi connectivity index (χ3v) is 5.32. The molecule has 0 spiro atoms. The third kappa shape index (κ3) is 2.64. The van der Waals surface area contributed by atoms with Crippen molar-refractivity contribution in [1.29, 1.82) is 0 Å². The molecule has 2 saturated heterocycles. The van der Waals surface area contributed by atoms with E-state index in [0.717, 1.165) is 44.2 Å². The molecule has 3 fully saturated rings. The van der Waals surface area contributed by atoms with E-state index >= 15 is 0 Å². The van der Waals surface area contributed by atoms with Crippen LogP contribution in [-0.2, 0) is 11.3 Å². The zero-order valence-electron chi connectivity index (χ0n) is 13.2. The number of amides is 1. The Kier molecular flexibility index (Phi) is 3.64. The fourth-order valence-electron chi connectivity index (χ4n) is 4.08. The van der Waals surface area contributed by atoms with E-state index in [1.54, 1.807) is 6.92 Å². The predicted octanol–water partition coefficient (Wildman–Crippen LogP) is 1.92. The summed E-state index contributed by atoms with van der Waals surface area (Å²) in [5.41, 5.74) is 0. The number of hydrogen-bond acceptors (Lipinski definition) is 5. The highest BCUT2D eigenvalue weighted by molar-refractivity contribution is 5.74. The monoisotopic (exact) mass is 304 g/mol. The summed E-state index contributed by atoms with van der Waals surface area (Å²) in [5, 5.41) is 4.15. The molecular formula is C16H24N4O2. The van der Waals surface area contributed by atoms with Crippen LogP contribution in [0.15, 0.2) is 4.52 Å². The number of hydrogen-bond donors (Lipinski definition) is 0. The van der Waals surface area contributed by atoms with Gasteiger partial charge in [-0.25, -0.2) is 0 Å². The maximum absolute atomic E-state index is 11.8. The van der Waals surface area contributed by atoms with Gasteiger partial charge < -0.3 is 9.42 Å². The van der Waals surface area contributed by atoms with Crippen molar-refractivity contribution in [2.24, 2.45) is 0 Å². The zero-order valence-corrected chi connectivity index (χ0v) is 13.2. The summed E-state index contributed by atoms with van der Waals surface area (Å²) >= 11 is 0. The smallest absolute Gasteiger partial charge is 0.229 e. The van der Waals surface area contributed by atoms with Crippen LogP contribution in [-0.4, -0.2) is 51.0 Å². The topological polar surface area (TPSA) is 62.5 Å². The molecular weight excluding hydrogens is 280 g/mol. The molecule has 6 heteroatoms. The summed E-state index contributed by atoms with van der Waals surface area (Å²) in [6.07, 6.45) is 6.98. The number of likely N-dealkylation sites (tertiary alicyclic amines) is 2. The minimum atomic E-state index is 0.213. The summed E-state index contributed by atoms with van der Waals surface area (Å²) in [7, 11) is 0. The molecule has 3 heterocycles. The molecule has 6 nitrogen and oxygen atoms in total. The summed E-state index contributed by atoms with van der Waals surface area (Å²) in [6, 6.07) is 0.823. The van der Waals surface area contributed by atoms with Crippen LogP contribution in [0.4, 0.5) is 0 Å². The van der Waals surface area contributed by atoms with Crippen LogP contribution in [0.5, 0.6) is 0 Å². The van der Waals surface area contributed by atoms with Crippen LogP contribution in [0.2, 0.25) is 0 Å². The van der Waals surface area contributed by atoms with Crippen molar-refractivity contribution in [3.63, 3.8) is 0 Å². The molecule has 4 rings (SSSR count). The Morgan fingerprint density at radius 3 is 2.73 bits per heavy atom. The van der Waals surface area contributed by atoms with Crippen LogP contribution in [0.3, 0.4) is 0 Å². The molecule has 0 N–H and O–H groups in total. The van der Waals surface area contributed by atoms with Crippen LogP contribution in [0.1, 0.15) is 63.1 Å². The highest BCUT2D eigenvalue weighted by Gasteiger charge is 2.39. The third-order valence-electron chi connectivity index (χ3n) is 5.32. The van der Waals surface area contributed by atoms with Crippen molar-refractivity contribution in [3.8, 4) is 0 Å². The first-order valence-electron chi connectivity index (χ1n) is 8.56. The van der Waals surface area contributed by atoms with Crippen molar-refractivity contribution in [2.75, 3.05) is 13.1 Å². The first-order valence-corrected chi connectivity index (χ1v) is 8.56. The maximum Gasteiger partial charge on any atom is 0.229 e. The van der Waals surface area contributed by atoms with E-state index in [1.807, 2.05) is 0 Å². The van der Waals surface area contributed by atoms with Gasteiger partial charge in [-0.15, -0.1) is 0 Å². The lowest BCUT2D eigenvalue weighted by molar-refractivity contribution is -0.130. The van der Waals surface area contributed by atoms with Crippen molar-refractivity contribution >= 4 is 5.91 Å². The molecule has 0 aromatic carbocycles. The van der Waals surface area contributed by atoms with E-state index in [1.165, 1.54) is 25.7 Å². The first kappa shape index (κ1) is 14.2. The second kappa shape index (κ2) is 5.65. The van der Waals surface area contributed by atoms with E-state index in [-0.39, 0.29) is 5.91 Å². The summed E-state index contributed by atoms with van der Waals surface area (Å²) < 4.78 is 5.37. The van der Waals surface area contributed by atoms with Crippen molar-refractivity contribution in [3.05, 3.63) is 11.7 Å². The molecule has 2 atom stereocenters. The molecule has 1 aliphatic carbocycles. The Balaban J connectivity index is 1.44. The van der Waals surface area contributed by atoms with Gasteiger partial charge in [0.25, 0.3) is 0 Å². The van der Waals surface area contributed by atoms with Crippen LogP contribution in [0.25, 0.3) is 0 Å². The molecule has 1 aromatic rings. The Labute approximate surface area is 130 Å². The molecule has 0 bridgehead atoms. The fraction of sp³-hybridized carbons (Fsp3) is 0.812. The quantitative estimate of drug-likeness (QED) is 0.850. The number of nitrogens with zero attached hydrogens (tertiary/aromatic N) is 4. The van der Waals surface area contributed by atoms with E-state index < -0.39 is 0 Å². The van der Waals surface area contributed by atoms with Crippen LogP contribution >= 0.6 is 0 Å². The fourth-order valence-corrected chi connectivity index (χ4v) is 4.08. The molecule has 22 heavy (non-hydrogen) atoms. The Morgan fingerprint density at radius 1 is 1.18 bits per heavy atom. The minimum absolute atomic E-state index is 0.213. The molecule has 1 aromatic heterocycles. The van der Waals surface area contributed by atoms with Crippen LogP contribution < -0.4 is 0 Å². The Hall–Kier alpha value is -1.43. The standard InChI is InChI=1S/C16H24N4O2/c1-11(21)20-9-3-5-14(20)13-4-2-8-19(13)10-15-17-16(22-18-15)12-6-7-12/h12-14H,2-10H2,1H3/t13-,14+/m0/s1. The lowest BCUT2D eigenvalue weighted by Gasteiger charge is -2.34. The highest BCUT2D eigenvalue weighted by atomic mass is 16.5. The minimum Gasteiger partial charge on any atom is -0.339 e. The number of carbonyl (C=O) groups is 1. The predicted molar refractivity (Wildman–Crippen MR) is 80.1 cm³/mol. The normalized spacial score (nSPS) is 29.4. The Bertz CT molecular complexity index is 554. The number of carbonyl (C=O) groups excluding carboxylic acids is 1. The van der Waals surface area contributed by atoms with Gasteiger partial charge >= 0.3 is 0 Å². The second-order valence-electron chi connectivity index (χ2n) is 6.93. The zero-order chi connectivity index (χ0) is 15.1. The van der Waals surface area contributed by atoms with Crippen molar-refractivity contribution in [1.82, 2.24) is 19.9 Å². The van der Waals surface area contributed by atoms with Gasteiger partial charge in [-0.2, -0.15) is 4.98 Å². The molecule has 0 unspecified atom stereocenters. The summed E-state index contributed by atoms with van der Waals surface area (Å²) in [5.74, 6) is 2.35. The summed E-state index contributed by atoms with van der Waals surface area (Å²) in [6.45, 7) is 4.43. The molecule has 120 valence electrons. The largest absolute Gasteiger partial charge is 0.339 e. The maximum atomic E-state index is 11.8. The van der Waals surface area contributed by atoms with Gasteiger partial charge in [0.1, 0.15) is 0 Å². The molecule has 2 aliphatic heterocycles. The summed E-state index contributed by atoms with van der Waals surface area (Å²) in [4.78, 5) is 20.9. The lowest BCUT2D eigenvalue weighted by Crippen LogP contribution is -2.47. The van der Waals surface area contributed by atoms with E-state index in [4.69, 9.17) is 4.52 Å². The average Bonchev–Trinajstić information content (AvgIpc) is 2.94. The molecule has 3 aliphatic rings. The second-order valence-corrected chi connectivity index (χ2v) is 6.93. The van der Waals surface area contributed by atoms with Crippen molar-refractivity contribution in [2.45, 2.75) is 70.0 Å². The van der Waals surface area contributed by atoms with Gasteiger partial charge in [-0.3, -0.25) is 9.69 Å². The van der Waals surface area contributed by atoms with Gasteiger partial charge in [0.2, 0.25) is 11.8 Å². The van der Waals surface area contributed by atoms with Crippen LogP contribution in [0, 0.1) is 0 Å². The van der Waals surface area contributed by atoms with Gasteiger partial charge in [0.05, 0.1) is 6.54 Å². The van der Waals surface area contributed by atoms with Gasteiger partial charge in [-0.1, -0.05) is 5.16 Å². The van der Waals surface area contributed by atoms with E-state index in [0.29, 0.717) is 18.0 Å². The number of aromatic nitrogens is 2. The van der Waals surface area contributed by atoms with E-state index in [9.17, 15) is 4.79 Å². The van der Waals surface area contributed by atoms with Gasteiger partial charge in [-0.05, 0) is 45.1 Å². The van der Waals surface area contributed by atoms with Gasteiger partial charge in [0, 0.05) is 31.5 Å². The lowest BCUT2D eigenvalue weighted by atomic mass is 10.0. The SMILES string of the molecule is CC(=O)N1CCC[C@@H]1[C@@H]1CCCN1Cc1noc(C2CC2)n1. The number of rotatable bonds is 4. The van der Waals surface area contributed by atoms with Crippen molar-refractivity contribution < 1.29 is 9.32 Å². The highest BCUT2D eigenvalue weighted by Crippen LogP contribution is 2.39. The molecule has 1 amide bonds. The van der Waals surface area contributed by atoms with Gasteiger partial charge in [0.15, 0.2) is 5.82 Å². The average molecular weight is 304 g/mol.